The van der Waals surface area contributed by atoms with E-state index >= 15 is 0 Å². The van der Waals surface area contributed by atoms with Gasteiger partial charge in [0.05, 0.1) is 11.7 Å². The van der Waals surface area contributed by atoms with E-state index in [9.17, 15) is 4.39 Å². The van der Waals surface area contributed by atoms with E-state index in [0.717, 1.165) is 18.7 Å². The lowest BCUT2D eigenvalue weighted by Crippen LogP contribution is -2.41. The Morgan fingerprint density at radius 1 is 1.21 bits per heavy atom. The monoisotopic (exact) mass is 346 g/mol. The molecule has 0 spiro atoms. The fraction of sp³-hybridized carbons (Fsp3) is 0.333. The van der Waals surface area contributed by atoms with Crippen molar-refractivity contribution in [2.24, 2.45) is 0 Å². The summed E-state index contributed by atoms with van der Waals surface area (Å²) >= 11 is 5.55. The van der Waals surface area contributed by atoms with Crippen molar-refractivity contribution in [3.8, 4) is 0 Å². The lowest BCUT2D eigenvalue weighted by atomic mass is 10.1. The highest BCUT2D eigenvalue weighted by Gasteiger charge is 2.19. The molecule has 2 rings (SSSR count). The maximum atomic E-state index is 13.9. The molecule has 6 heteroatoms. The zero-order chi connectivity index (χ0) is 17.5. The van der Waals surface area contributed by atoms with Crippen molar-refractivity contribution in [1.82, 2.24) is 14.8 Å². The van der Waals surface area contributed by atoms with Crippen LogP contribution < -0.4 is 5.32 Å². The largest absolute Gasteiger partial charge is 0.341 e. The van der Waals surface area contributed by atoms with Gasteiger partial charge in [-0.3, -0.25) is 4.98 Å². The number of halogens is 1. The molecule has 0 bridgehead atoms. The number of hydrogen-bond donors (Lipinski definition) is 1. The third kappa shape index (κ3) is 4.97. The molecule has 0 aliphatic carbocycles. The molecule has 0 radical (unpaired) electrons. The van der Waals surface area contributed by atoms with E-state index in [0.29, 0.717) is 10.8 Å². The predicted molar refractivity (Wildman–Crippen MR) is 101 cm³/mol. The van der Waals surface area contributed by atoms with Crippen molar-refractivity contribution in [2.45, 2.75) is 13.0 Å². The number of nitrogens with one attached hydrogen (secondary N) is 1. The summed E-state index contributed by atoms with van der Waals surface area (Å²) in [6.07, 6.45) is 3.58. The Morgan fingerprint density at radius 3 is 2.58 bits per heavy atom. The first-order chi connectivity index (χ1) is 11.5. The van der Waals surface area contributed by atoms with Crippen LogP contribution in [-0.4, -0.2) is 47.1 Å². The maximum Gasteiger partial charge on any atom is 0.174 e. The molecule has 0 saturated heterocycles. The highest BCUT2D eigenvalue weighted by molar-refractivity contribution is 7.80. The predicted octanol–water partition coefficient (Wildman–Crippen LogP) is 3.54. The molecule has 0 fully saturated rings. The van der Waals surface area contributed by atoms with Gasteiger partial charge in [0.1, 0.15) is 5.82 Å². The molecule has 0 unspecified atom stereocenters. The second kappa shape index (κ2) is 8.70. The van der Waals surface area contributed by atoms with E-state index < -0.39 is 0 Å². The highest BCUT2D eigenvalue weighted by Crippen LogP contribution is 2.21. The van der Waals surface area contributed by atoms with Gasteiger partial charge in [-0.15, -0.1) is 0 Å². The highest BCUT2D eigenvalue weighted by atomic mass is 32.1. The normalized spacial score (nSPS) is 12.0. The zero-order valence-corrected chi connectivity index (χ0v) is 15.1. The molecule has 0 aliphatic rings. The number of aromatic nitrogens is 1. The number of para-hydroxylation sites is 1. The van der Waals surface area contributed by atoms with Crippen LogP contribution in [0.5, 0.6) is 0 Å². The number of hydrogen-bond acceptors (Lipinski definition) is 3. The molecular weight excluding hydrogens is 323 g/mol. The van der Waals surface area contributed by atoms with Crippen molar-refractivity contribution >= 4 is 23.0 Å². The Hall–Kier alpha value is -2.05. The molecule has 1 atom stereocenters. The fourth-order valence-corrected chi connectivity index (χ4v) is 2.69. The average Bonchev–Trinajstić information content (AvgIpc) is 2.57. The molecule has 0 aliphatic heterocycles. The number of benzene rings is 1. The van der Waals surface area contributed by atoms with Gasteiger partial charge in [-0.1, -0.05) is 18.2 Å². The van der Waals surface area contributed by atoms with Crippen LogP contribution in [-0.2, 0) is 0 Å². The van der Waals surface area contributed by atoms with Crippen molar-refractivity contribution in [2.75, 3.05) is 32.5 Å². The van der Waals surface area contributed by atoms with Crippen LogP contribution in [0.15, 0.2) is 48.8 Å². The lowest BCUT2D eigenvalue weighted by Gasteiger charge is -2.33. The molecule has 0 amide bonds. The first kappa shape index (κ1) is 18.3. The van der Waals surface area contributed by atoms with Gasteiger partial charge in [0.25, 0.3) is 0 Å². The van der Waals surface area contributed by atoms with Gasteiger partial charge in [-0.2, -0.15) is 0 Å². The summed E-state index contributed by atoms with van der Waals surface area (Å²) in [5.41, 5.74) is 1.45. The third-order valence-electron chi connectivity index (χ3n) is 3.80. The maximum absolute atomic E-state index is 13.9. The molecule has 1 aromatic heterocycles. The fourth-order valence-electron chi connectivity index (χ4n) is 2.33. The number of pyridine rings is 1. The summed E-state index contributed by atoms with van der Waals surface area (Å²) < 4.78 is 13.9. The standard InChI is InChI=1S/C18H23FN4S/c1-14(15-7-6-10-20-13-15)23(12-11-22(2)3)18(24)21-17-9-5-4-8-16(17)19/h4-10,13-14H,11-12H2,1-3H3,(H,21,24)/t14-/m1/s1. The van der Waals surface area contributed by atoms with Gasteiger partial charge < -0.3 is 15.1 Å². The Morgan fingerprint density at radius 2 is 1.96 bits per heavy atom. The summed E-state index contributed by atoms with van der Waals surface area (Å²) in [5, 5.41) is 3.53. The minimum absolute atomic E-state index is 0.0328. The topological polar surface area (TPSA) is 31.4 Å². The number of anilines is 1. The van der Waals surface area contributed by atoms with Crippen LogP contribution in [0, 0.1) is 5.82 Å². The van der Waals surface area contributed by atoms with E-state index in [-0.39, 0.29) is 11.9 Å². The van der Waals surface area contributed by atoms with Gasteiger partial charge in [0.15, 0.2) is 5.11 Å². The molecule has 0 saturated carbocycles. The van der Waals surface area contributed by atoms with E-state index in [2.05, 4.69) is 27.0 Å². The first-order valence-electron chi connectivity index (χ1n) is 7.86. The summed E-state index contributed by atoms with van der Waals surface area (Å²) in [4.78, 5) is 8.33. The molecule has 1 N–H and O–H groups in total. The van der Waals surface area contributed by atoms with Crippen molar-refractivity contribution < 1.29 is 4.39 Å². The van der Waals surface area contributed by atoms with E-state index in [1.54, 1.807) is 24.4 Å². The SMILES string of the molecule is C[C@H](c1cccnc1)N(CCN(C)C)C(=S)Nc1ccccc1F. The summed E-state index contributed by atoms with van der Waals surface area (Å²) in [6, 6.07) is 10.5. The number of nitrogens with zero attached hydrogens (tertiary/aromatic N) is 3. The Bertz CT molecular complexity index is 663. The van der Waals surface area contributed by atoms with Gasteiger partial charge in [0, 0.05) is 25.5 Å². The lowest BCUT2D eigenvalue weighted by molar-refractivity contribution is 0.289. The Balaban J connectivity index is 2.18. The third-order valence-corrected chi connectivity index (χ3v) is 4.14. The van der Waals surface area contributed by atoms with Crippen molar-refractivity contribution in [3.63, 3.8) is 0 Å². The van der Waals surface area contributed by atoms with Gasteiger partial charge in [-0.25, -0.2) is 4.39 Å². The van der Waals surface area contributed by atoms with Crippen LogP contribution in [0.4, 0.5) is 10.1 Å². The summed E-state index contributed by atoms with van der Waals surface area (Å²) in [5.74, 6) is -0.318. The quantitative estimate of drug-likeness (QED) is 0.809. The van der Waals surface area contributed by atoms with Crippen LogP contribution in [0.1, 0.15) is 18.5 Å². The van der Waals surface area contributed by atoms with Crippen LogP contribution in [0.2, 0.25) is 0 Å². The summed E-state index contributed by atoms with van der Waals surface area (Å²) in [7, 11) is 4.03. The van der Waals surface area contributed by atoms with E-state index in [4.69, 9.17) is 12.2 Å². The minimum atomic E-state index is -0.318. The van der Waals surface area contributed by atoms with Gasteiger partial charge >= 0.3 is 0 Å². The van der Waals surface area contributed by atoms with Gasteiger partial charge in [0.2, 0.25) is 0 Å². The smallest absolute Gasteiger partial charge is 0.174 e. The molecule has 24 heavy (non-hydrogen) atoms. The Labute approximate surface area is 148 Å². The molecule has 1 heterocycles. The zero-order valence-electron chi connectivity index (χ0n) is 14.2. The minimum Gasteiger partial charge on any atom is -0.341 e. The van der Waals surface area contributed by atoms with Crippen LogP contribution in [0.25, 0.3) is 0 Å². The molecule has 4 nitrogen and oxygen atoms in total. The second-order valence-electron chi connectivity index (χ2n) is 5.87. The molecule has 1 aromatic carbocycles. The average molecular weight is 346 g/mol. The van der Waals surface area contributed by atoms with Gasteiger partial charge in [-0.05, 0) is 57.0 Å². The van der Waals surface area contributed by atoms with Crippen molar-refractivity contribution in [3.05, 3.63) is 60.2 Å². The number of rotatable bonds is 6. The number of thiocarbonyl (C=S) groups is 1. The van der Waals surface area contributed by atoms with E-state index in [1.807, 2.05) is 32.4 Å². The molecule has 2 aromatic rings. The van der Waals surface area contributed by atoms with E-state index in [1.165, 1.54) is 6.07 Å². The molecule has 128 valence electrons. The van der Waals surface area contributed by atoms with Crippen LogP contribution >= 0.6 is 12.2 Å². The van der Waals surface area contributed by atoms with Crippen molar-refractivity contribution in [1.29, 1.82) is 0 Å². The number of likely N-dealkylation sites (N-methyl/N-ethyl adjacent to an activating group) is 1. The van der Waals surface area contributed by atoms with Crippen LogP contribution in [0.3, 0.4) is 0 Å². The summed E-state index contributed by atoms with van der Waals surface area (Å²) in [6.45, 7) is 3.63. The Kier molecular flexibility index (Phi) is 6.63. The second-order valence-corrected chi connectivity index (χ2v) is 6.26. The first-order valence-corrected chi connectivity index (χ1v) is 8.26. The molecular formula is C18H23FN4S.